The van der Waals surface area contributed by atoms with Crippen LogP contribution in [0.3, 0.4) is 0 Å². The first kappa shape index (κ1) is 7.54. The molecule has 12 heavy (non-hydrogen) atoms. The number of aryl methyl sites for hydroxylation is 1. The SMILES string of the molecule is Cn1c(=O)[nH]c2nccc(Br)c21. The molecule has 0 atom stereocenters. The molecule has 0 aliphatic carbocycles. The molecule has 0 amide bonds. The second kappa shape index (κ2) is 2.45. The van der Waals surface area contributed by atoms with Gasteiger partial charge in [-0.25, -0.2) is 9.78 Å². The van der Waals surface area contributed by atoms with Crippen molar-refractivity contribution >= 4 is 27.1 Å². The Balaban J connectivity index is 3.07. The molecule has 5 heteroatoms. The summed E-state index contributed by atoms with van der Waals surface area (Å²) >= 11 is 3.34. The third kappa shape index (κ3) is 0.896. The van der Waals surface area contributed by atoms with Crippen LogP contribution in [0.4, 0.5) is 0 Å². The zero-order valence-corrected chi connectivity index (χ0v) is 7.92. The number of H-pyrrole nitrogens is 1. The molecule has 0 aliphatic rings. The fourth-order valence-corrected chi connectivity index (χ4v) is 1.70. The van der Waals surface area contributed by atoms with E-state index in [-0.39, 0.29) is 5.69 Å². The predicted octanol–water partition coefficient (Wildman–Crippen LogP) is 1.02. The van der Waals surface area contributed by atoms with Gasteiger partial charge in [-0.15, -0.1) is 0 Å². The fourth-order valence-electron chi connectivity index (χ4n) is 1.13. The van der Waals surface area contributed by atoms with Gasteiger partial charge < -0.3 is 0 Å². The normalized spacial score (nSPS) is 10.8. The number of aromatic amines is 1. The third-order valence-electron chi connectivity index (χ3n) is 1.74. The van der Waals surface area contributed by atoms with E-state index in [1.165, 1.54) is 4.57 Å². The molecule has 1 N–H and O–H groups in total. The van der Waals surface area contributed by atoms with Crippen LogP contribution in [0.25, 0.3) is 11.2 Å². The Bertz CT molecular complexity index is 485. The number of aromatic nitrogens is 3. The van der Waals surface area contributed by atoms with Crippen molar-refractivity contribution in [1.29, 1.82) is 0 Å². The molecule has 2 heterocycles. The van der Waals surface area contributed by atoms with Gasteiger partial charge in [-0.3, -0.25) is 9.55 Å². The zero-order chi connectivity index (χ0) is 8.72. The van der Waals surface area contributed by atoms with E-state index in [1.54, 1.807) is 19.3 Å². The van der Waals surface area contributed by atoms with Crippen LogP contribution in [0.15, 0.2) is 21.5 Å². The van der Waals surface area contributed by atoms with Crippen molar-refractivity contribution in [1.82, 2.24) is 14.5 Å². The van der Waals surface area contributed by atoms with Gasteiger partial charge >= 0.3 is 5.69 Å². The summed E-state index contributed by atoms with van der Waals surface area (Å²) in [6.45, 7) is 0. The number of nitrogens with one attached hydrogen (secondary N) is 1. The Kier molecular flexibility index (Phi) is 1.54. The number of hydrogen-bond donors (Lipinski definition) is 1. The van der Waals surface area contributed by atoms with E-state index in [0.717, 1.165) is 9.99 Å². The van der Waals surface area contributed by atoms with E-state index >= 15 is 0 Å². The second-order valence-electron chi connectivity index (χ2n) is 2.48. The maximum absolute atomic E-state index is 11.1. The van der Waals surface area contributed by atoms with Crippen LogP contribution < -0.4 is 5.69 Å². The molecule has 0 radical (unpaired) electrons. The van der Waals surface area contributed by atoms with Crippen LogP contribution in [0.5, 0.6) is 0 Å². The Morgan fingerprint density at radius 3 is 3.08 bits per heavy atom. The first-order chi connectivity index (χ1) is 5.70. The van der Waals surface area contributed by atoms with Gasteiger partial charge in [-0.2, -0.15) is 0 Å². The van der Waals surface area contributed by atoms with E-state index in [1.807, 2.05) is 0 Å². The molecular weight excluding hydrogens is 222 g/mol. The minimum Gasteiger partial charge on any atom is -0.293 e. The lowest BCUT2D eigenvalue weighted by molar-refractivity contribution is 0.890. The molecular formula is C7H6BrN3O. The van der Waals surface area contributed by atoms with E-state index < -0.39 is 0 Å². The van der Waals surface area contributed by atoms with Gasteiger partial charge in [0.1, 0.15) is 5.52 Å². The summed E-state index contributed by atoms with van der Waals surface area (Å²) < 4.78 is 2.39. The largest absolute Gasteiger partial charge is 0.327 e. The van der Waals surface area contributed by atoms with Crippen LogP contribution in [-0.4, -0.2) is 14.5 Å². The van der Waals surface area contributed by atoms with Gasteiger partial charge in [0, 0.05) is 17.7 Å². The van der Waals surface area contributed by atoms with Crippen LogP contribution in [0.2, 0.25) is 0 Å². The van der Waals surface area contributed by atoms with Gasteiger partial charge in [0.15, 0.2) is 5.65 Å². The van der Waals surface area contributed by atoms with E-state index in [9.17, 15) is 4.79 Å². The maximum atomic E-state index is 11.1. The molecule has 0 aliphatic heterocycles. The third-order valence-corrected chi connectivity index (χ3v) is 2.38. The predicted molar refractivity (Wildman–Crippen MR) is 49.0 cm³/mol. The van der Waals surface area contributed by atoms with Gasteiger partial charge in [0.25, 0.3) is 0 Å². The first-order valence-corrected chi connectivity index (χ1v) is 4.18. The second-order valence-corrected chi connectivity index (χ2v) is 3.33. The van der Waals surface area contributed by atoms with Crippen LogP contribution >= 0.6 is 15.9 Å². The highest BCUT2D eigenvalue weighted by molar-refractivity contribution is 9.10. The Morgan fingerprint density at radius 2 is 2.42 bits per heavy atom. The first-order valence-electron chi connectivity index (χ1n) is 3.39. The van der Waals surface area contributed by atoms with Crippen molar-refractivity contribution in [2.45, 2.75) is 0 Å². The summed E-state index contributed by atoms with van der Waals surface area (Å²) in [4.78, 5) is 17.8. The zero-order valence-electron chi connectivity index (χ0n) is 6.34. The quantitative estimate of drug-likeness (QED) is 0.731. The lowest BCUT2D eigenvalue weighted by Gasteiger charge is -1.94. The number of halogens is 1. The van der Waals surface area contributed by atoms with E-state index in [0.29, 0.717) is 5.65 Å². The number of nitrogens with zero attached hydrogens (tertiary/aromatic N) is 2. The molecule has 0 saturated carbocycles. The number of rotatable bonds is 0. The molecule has 0 spiro atoms. The molecule has 0 saturated heterocycles. The van der Waals surface area contributed by atoms with Crippen molar-refractivity contribution in [2.75, 3.05) is 0 Å². The van der Waals surface area contributed by atoms with Crippen molar-refractivity contribution in [3.63, 3.8) is 0 Å². The lowest BCUT2D eigenvalue weighted by Crippen LogP contribution is -2.11. The smallest absolute Gasteiger partial charge is 0.293 e. The highest BCUT2D eigenvalue weighted by atomic mass is 79.9. The molecule has 2 aromatic heterocycles. The van der Waals surface area contributed by atoms with Gasteiger partial charge in [0.2, 0.25) is 0 Å². The van der Waals surface area contributed by atoms with Crippen LogP contribution in [-0.2, 0) is 7.05 Å². The molecule has 4 nitrogen and oxygen atoms in total. The Labute approximate surface area is 76.4 Å². The van der Waals surface area contributed by atoms with Crippen molar-refractivity contribution in [2.24, 2.45) is 7.05 Å². The van der Waals surface area contributed by atoms with Crippen LogP contribution in [0, 0.1) is 0 Å². The molecule has 2 rings (SSSR count). The fraction of sp³-hybridized carbons (Fsp3) is 0.143. The maximum Gasteiger partial charge on any atom is 0.327 e. The van der Waals surface area contributed by atoms with Crippen LogP contribution in [0.1, 0.15) is 0 Å². The molecule has 62 valence electrons. The molecule has 0 unspecified atom stereocenters. The topological polar surface area (TPSA) is 50.7 Å². The highest BCUT2D eigenvalue weighted by Crippen LogP contribution is 2.18. The van der Waals surface area contributed by atoms with Crippen molar-refractivity contribution in [3.05, 3.63) is 27.2 Å². The Morgan fingerprint density at radius 1 is 1.67 bits per heavy atom. The summed E-state index contributed by atoms with van der Waals surface area (Å²) in [5.41, 5.74) is 1.25. The van der Waals surface area contributed by atoms with E-state index in [4.69, 9.17) is 0 Å². The number of pyridine rings is 1. The van der Waals surface area contributed by atoms with E-state index in [2.05, 4.69) is 25.9 Å². The van der Waals surface area contributed by atoms with Crippen molar-refractivity contribution < 1.29 is 0 Å². The molecule has 0 aromatic carbocycles. The molecule has 0 bridgehead atoms. The lowest BCUT2D eigenvalue weighted by atomic mass is 10.4. The number of fused-ring (bicyclic) bond motifs is 1. The standard InChI is InChI=1S/C7H6BrN3O/c1-11-5-4(8)2-3-9-6(5)10-7(11)12/h2-3H,1H3,(H,9,10,12). The number of hydrogen-bond acceptors (Lipinski definition) is 2. The Hall–Kier alpha value is -1.10. The summed E-state index contributed by atoms with van der Waals surface area (Å²) in [5.74, 6) is 0. The summed E-state index contributed by atoms with van der Waals surface area (Å²) in [5, 5.41) is 0. The summed E-state index contributed by atoms with van der Waals surface area (Å²) in [6, 6.07) is 1.80. The minimum absolute atomic E-state index is 0.149. The number of imidazole rings is 1. The minimum atomic E-state index is -0.149. The van der Waals surface area contributed by atoms with Gasteiger partial charge in [0.05, 0.1) is 0 Å². The molecule has 2 aromatic rings. The molecule has 0 fully saturated rings. The van der Waals surface area contributed by atoms with Gasteiger partial charge in [-0.05, 0) is 22.0 Å². The monoisotopic (exact) mass is 227 g/mol. The average molecular weight is 228 g/mol. The average Bonchev–Trinajstić information content (AvgIpc) is 2.29. The van der Waals surface area contributed by atoms with Crippen molar-refractivity contribution in [3.8, 4) is 0 Å². The summed E-state index contributed by atoms with van der Waals surface area (Å²) in [7, 11) is 1.70. The highest BCUT2D eigenvalue weighted by Gasteiger charge is 2.05. The van der Waals surface area contributed by atoms with Gasteiger partial charge in [-0.1, -0.05) is 0 Å². The summed E-state index contributed by atoms with van der Waals surface area (Å²) in [6.07, 6.45) is 1.64.